The van der Waals surface area contributed by atoms with E-state index >= 15 is 0 Å². The van der Waals surface area contributed by atoms with E-state index in [2.05, 4.69) is 61.8 Å². The molecular weight excluding hydrogens is 520 g/mol. The van der Waals surface area contributed by atoms with Crippen molar-refractivity contribution in [1.29, 1.82) is 0 Å². The van der Waals surface area contributed by atoms with Crippen molar-refractivity contribution in [2.45, 2.75) is 97.6 Å². The lowest BCUT2D eigenvalue weighted by atomic mass is 9.48. The Kier molecular flexibility index (Phi) is 8.84. The van der Waals surface area contributed by atoms with E-state index in [9.17, 15) is 5.11 Å². The number of hydrogen-bond donors (Lipinski definition) is 1. The number of rotatable bonds is 9. The summed E-state index contributed by atoms with van der Waals surface area (Å²) in [6.07, 6.45) is 15.9. The lowest BCUT2D eigenvalue weighted by molar-refractivity contribution is -0.0662. The number of hydrogen-bond acceptors (Lipinski definition) is 5. The van der Waals surface area contributed by atoms with Gasteiger partial charge in [-0.25, -0.2) is 0 Å². The fraction of sp³-hybridized carbons (Fsp3) is 0.730. The van der Waals surface area contributed by atoms with Crippen molar-refractivity contribution < 1.29 is 14.6 Å². The highest BCUT2D eigenvalue weighted by molar-refractivity contribution is 5.60. The minimum absolute atomic E-state index is 0.0287. The topological polar surface area (TPSA) is 45.2 Å². The molecule has 1 N–H and O–H groups in total. The zero-order chi connectivity index (χ0) is 29.5. The maximum absolute atomic E-state index is 11.8. The Morgan fingerprint density at radius 2 is 1.81 bits per heavy atom. The van der Waals surface area contributed by atoms with E-state index in [1.165, 1.54) is 63.6 Å². The number of benzene rings is 1. The first kappa shape index (κ1) is 30.2. The molecule has 1 aliphatic heterocycles. The van der Waals surface area contributed by atoms with E-state index in [0.717, 1.165) is 61.5 Å². The van der Waals surface area contributed by atoms with Gasteiger partial charge in [-0.15, -0.1) is 0 Å². The first-order valence-corrected chi connectivity index (χ1v) is 17.2. The number of likely N-dealkylation sites (tertiary alicyclic amines) is 1. The highest BCUT2D eigenvalue weighted by atomic mass is 16.5. The quantitative estimate of drug-likeness (QED) is 0.315. The molecule has 42 heavy (non-hydrogen) atoms. The van der Waals surface area contributed by atoms with Gasteiger partial charge in [-0.1, -0.05) is 51.5 Å². The lowest BCUT2D eigenvalue weighted by Crippen LogP contribution is -2.52. The molecule has 0 amide bonds. The van der Waals surface area contributed by atoms with Gasteiger partial charge < -0.3 is 24.4 Å². The predicted octanol–water partition coefficient (Wildman–Crippen LogP) is 7.20. The average molecular weight is 577 g/mol. The highest BCUT2D eigenvalue weighted by Gasteiger charge is 2.59. The molecule has 0 radical (unpaired) electrons. The summed E-state index contributed by atoms with van der Waals surface area (Å²) >= 11 is 0. The second-order valence-electron chi connectivity index (χ2n) is 14.6. The second kappa shape index (κ2) is 12.3. The van der Waals surface area contributed by atoms with Gasteiger partial charge in [0.2, 0.25) is 0 Å². The molecule has 5 heteroatoms. The van der Waals surface area contributed by atoms with Crippen molar-refractivity contribution >= 4 is 6.08 Å². The molecule has 0 spiro atoms. The van der Waals surface area contributed by atoms with Crippen molar-refractivity contribution in [1.82, 2.24) is 9.80 Å². The Morgan fingerprint density at radius 1 is 1.02 bits per heavy atom. The van der Waals surface area contributed by atoms with E-state index in [1.807, 2.05) is 6.07 Å². The Labute approximate surface area is 255 Å². The molecule has 4 fully saturated rings. The minimum Gasteiger partial charge on any atom is -0.493 e. The number of methoxy groups -OCH3 is 1. The number of fused-ring (bicyclic) bond motifs is 5. The van der Waals surface area contributed by atoms with E-state index < -0.39 is 0 Å². The van der Waals surface area contributed by atoms with Crippen LogP contribution in [0.25, 0.3) is 6.08 Å². The van der Waals surface area contributed by atoms with Crippen LogP contribution in [0.1, 0.15) is 91.0 Å². The minimum atomic E-state index is -0.372. The van der Waals surface area contributed by atoms with Crippen LogP contribution in [0.3, 0.4) is 0 Å². The predicted molar refractivity (Wildman–Crippen MR) is 172 cm³/mol. The summed E-state index contributed by atoms with van der Waals surface area (Å²) in [7, 11) is 1.72. The molecule has 7 atom stereocenters. The lowest BCUT2D eigenvalue weighted by Gasteiger charge is -2.58. The van der Waals surface area contributed by atoms with Gasteiger partial charge >= 0.3 is 0 Å². The van der Waals surface area contributed by atoms with Crippen LogP contribution in [0.2, 0.25) is 0 Å². The number of ether oxygens (including phenoxy) is 2. The van der Waals surface area contributed by atoms with Crippen LogP contribution < -0.4 is 9.47 Å². The molecule has 4 aliphatic carbocycles. The summed E-state index contributed by atoms with van der Waals surface area (Å²) in [4.78, 5) is 5.15. The summed E-state index contributed by atoms with van der Waals surface area (Å²) in [6, 6.07) is 7.01. The van der Waals surface area contributed by atoms with Gasteiger partial charge in [0, 0.05) is 18.0 Å². The Morgan fingerprint density at radius 3 is 2.55 bits per heavy atom. The Hall–Kier alpha value is -1.82. The molecule has 1 heterocycles. The van der Waals surface area contributed by atoms with Gasteiger partial charge in [0.05, 0.1) is 13.2 Å². The second-order valence-corrected chi connectivity index (χ2v) is 14.6. The molecule has 3 saturated carbocycles. The summed E-state index contributed by atoms with van der Waals surface area (Å²) < 4.78 is 11.8. The standard InChI is InChI=1S/C37H56N2O3/c1-6-38(7-2)20-21-42-33-13-10-26(23-34(33)41-5)22-27-24-32-30-12-11-28-25-29(39-18-8-9-19-39)14-16-36(28,3)31(30)15-17-37(32,4)35(27)40/h10-11,13,22-23,29-32,35,40H,6-9,12,14-21,24-25H2,1-5H3/b27-22-/t29-,30+,31-,32-,35-,36-,37-/m0/s1. The fourth-order valence-corrected chi connectivity index (χ4v) is 9.99. The van der Waals surface area contributed by atoms with Gasteiger partial charge in [-0.05, 0) is 130 Å². The molecule has 1 aromatic carbocycles. The highest BCUT2D eigenvalue weighted by Crippen LogP contribution is 2.66. The zero-order valence-electron chi connectivity index (χ0n) is 27.0. The number of allylic oxidation sites excluding steroid dienone is 1. The SMILES string of the molecule is CCN(CC)CCOc1ccc(/C=C2/C[C@H]3[C@@H]4CC=C5C[C@@H](N6CCCC6)CC[C@]5(C)[C@H]4CC[C@]3(C)[C@H]2O)cc1OC. The maximum atomic E-state index is 11.8. The number of nitrogens with zero attached hydrogens (tertiary/aromatic N) is 2. The molecule has 1 aromatic rings. The molecule has 5 nitrogen and oxygen atoms in total. The molecule has 232 valence electrons. The van der Waals surface area contributed by atoms with Crippen LogP contribution >= 0.6 is 0 Å². The number of likely N-dealkylation sites (N-methyl/N-ethyl adjacent to an activating group) is 1. The van der Waals surface area contributed by atoms with Crippen molar-refractivity contribution in [2.24, 2.45) is 28.6 Å². The number of aliphatic hydroxyl groups excluding tert-OH is 1. The van der Waals surface area contributed by atoms with Crippen LogP contribution in [0.15, 0.2) is 35.4 Å². The van der Waals surface area contributed by atoms with Gasteiger partial charge in [0.15, 0.2) is 11.5 Å². The summed E-state index contributed by atoms with van der Waals surface area (Å²) in [5.41, 5.74) is 4.40. The summed E-state index contributed by atoms with van der Waals surface area (Å²) in [6.45, 7) is 15.6. The van der Waals surface area contributed by atoms with Crippen LogP contribution in [0, 0.1) is 28.6 Å². The summed E-state index contributed by atoms with van der Waals surface area (Å²) in [5, 5.41) is 11.8. The molecule has 0 unspecified atom stereocenters. The van der Waals surface area contributed by atoms with Crippen molar-refractivity contribution in [3.63, 3.8) is 0 Å². The van der Waals surface area contributed by atoms with Gasteiger partial charge in [-0.3, -0.25) is 0 Å². The summed E-state index contributed by atoms with van der Waals surface area (Å²) in [5.74, 6) is 3.54. The van der Waals surface area contributed by atoms with Crippen molar-refractivity contribution in [3.8, 4) is 11.5 Å². The van der Waals surface area contributed by atoms with Gasteiger partial charge in [0.25, 0.3) is 0 Å². The van der Waals surface area contributed by atoms with E-state index in [4.69, 9.17) is 9.47 Å². The Bertz CT molecular complexity index is 1170. The normalized spacial score (nSPS) is 37.4. The van der Waals surface area contributed by atoms with Crippen LogP contribution in [-0.4, -0.2) is 73.5 Å². The molecule has 1 saturated heterocycles. The number of aliphatic hydroxyl groups is 1. The van der Waals surface area contributed by atoms with E-state index in [1.54, 1.807) is 12.7 Å². The fourth-order valence-electron chi connectivity index (χ4n) is 9.99. The van der Waals surface area contributed by atoms with Crippen LogP contribution in [0.5, 0.6) is 11.5 Å². The third-order valence-electron chi connectivity index (χ3n) is 12.7. The van der Waals surface area contributed by atoms with Crippen molar-refractivity contribution in [3.05, 3.63) is 41.0 Å². The van der Waals surface area contributed by atoms with E-state index in [-0.39, 0.29) is 11.5 Å². The van der Waals surface area contributed by atoms with Gasteiger partial charge in [-0.2, -0.15) is 0 Å². The average Bonchev–Trinajstić information content (AvgIpc) is 3.62. The molecule has 0 aromatic heterocycles. The first-order chi connectivity index (χ1) is 20.3. The van der Waals surface area contributed by atoms with Crippen LogP contribution in [-0.2, 0) is 0 Å². The molecule has 5 aliphatic rings. The van der Waals surface area contributed by atoms with E-state index in [0.29, 0.717) is 23.9 Å². The molecule has 6 rings (SSSR count). The zero-order valence-corrected chi connectivity index (χ0v) is 27.0. The van der Waals surface area contributed by atoms with Crippen molar-refractivity contribution in [2.75, 3.05) is 46.4 Å². The first-order valence-electron chi connectivity index (χ1n) is 17.2. The van der Waals surface area contributed by atoms with Gasteiger partial charge in [0.1, 0.15) is 6.61 Å². The monoisotopic (exact) mass is 576 g/mol. The van der Waals surface area contributed by atoms with Crippen LogP contribution in [0.4, 0.5) is 0 Å². The largest absolute Gasteiger partial charge is 0.493 e. The third kappa shape index (κ3) is 5.37. The maximum Gasteiger partial charge on any atom is 0.161 e. The smallest absolute Gasteiger partial charge is 0.161 e. The molecular formula is C37H56N2O3. The third-order valence-corrected chi connectivity index (χ3v) is 12.7. The molecule has 0 bridgehead atoms. The Balaban J connectivity index is 1.17.